The second kappa shape index (κ2) is 5.12. The minimum Gasteiger partial charge on any atom is -0.490 e. The lowest BCUT2D eigenvalue weighted by Crippen LogP contribution is -2.29. The molecule has 0 radical (unpaired) electrons. The summed E-state index contributed by atoms with van der Waals surface area (Å²) >= 11 is 0. The Morgan fingerprint density at radius 2 is 2.25 bits per heavy atom. The molecule has 2 aliphatic rings. The van der Waals surface area contributed by atoms with Crippen molar-refractivity contribution in [2.24, 2.45) is 0 Å². The normalized spacial score (nSPS) is 26.9. The summed E-state index contributed by atoms with van der Waals surface area (Å²) in [5.74, 6) is 1.82. The van der Waals surface area contributed by atoms with Crippen molar-refractivity contribution >= 4 is 5.91 Å². The molecule has 1 saturated carbocycles. The molecule has 20 heavy (non-hydrogen) atoms. The molecule has 1 fully saturated rings. The Balaban J connectivity index is 1.74. The third-order valence-electron chi connectivity index (χ3n) is 4.50. The van der Waals surface area contributed by atoms with Crippen molar-refractivity contribution in [3.63, 3.8) is 0 Å². The van der Waals surface area contributed by atoms with E-state index in [4.69, 9.17) is 4.74 Å². The van der Waals surface area contributed by atoms with Gasteiger partial charge in [0.15, 0.2) is 0 Å². The van der Waals surface area contributed by atoms with Crippen LogP contribution in [0.15, 0.2) is 18.2 Å². The highest BCUT2D eigenvalue weighted by atomic mass is 16.5. The number of amides is 1. The monoisotopic (exact) mass is 273 g/mol. The van der Waals surface area contributed by atoms with E-state index in [1.807, 2.05) is 11.9 Å². The fourth-order valence-electron chi connectivity index (χ4n) is 3.32. The van der Waals surface area contributed by atoms with Crippen molar-refractivity contribution in [2.75, 3.05) is 7.05 Å². The van der Waals surface area contributed by atoms with E-state index in [0.29, 0.717) is 18.4 Å². The fraction of sp³-hybridized carbons (Fsp3) is 0.588. The molecule has 1 aromatic rings. The molecule has 3 atom stereocenters. The number of hydrogen-bond donors (Lipinski definition) is 0. The lowest BCUT2D eigenvalue weighted by molar-refractivity contribution is -0.130. The van der Waals surface area contributed by atoms with Gasteiger partial charge < -0.3 is 9.64 Å². The van der Waals surface area contributed by atoms with E-state index in [-0.39, 0.29) is 12.0 Å². The van der Waals surface area contributed by atoms with Crippen LogP contribution < -0.4 is 4.74 Å². The second-order valence-electron chi connectivity index (χ2n) is 6.12. The molecule has 0 saturated heterocycles. The van der Waals surface area contributed by atoms with Crippen LogP contribution in [0.25, 0.3) is 0 Å². The zero-order valence-electron chi connectivity index (χ0n) is 12.6. The molecular weight excluding hydrogens is 250 g/mol. The molecule has 0 N–H and O–H groups in total. The van der Waals surface area contributed by atoms with Crippen molar-refractivity contribution in [1.29, 1.82) is 0 Å². The van der Waals surface area contributed by atoms with E-state index in [2.05, 4.69) is 32.0 Å². The topological polar surface area (TPSA) is 29.5 Å². The Labute approximate surface area is 120 Å². The van der Waals surface area contributed by atoms with E-state index in [1.54, 1.807) is 0 Å². The van der Waals surface area contributed by atoms with Gasteiger partial charge in [-0.1, -0.05) is 19.1 Å². The quantitative estimate of drug-likeness (QED) is 0.843. The zero-order valence-corrected chi connectivity index (χ0v) is 12.6. The van der Waals surface area contributed by atoms with Crippen molar-refractivity contribution in [3.8, 4) is 5.75 Å². The maximum absolute atomic E-state index is 12.0. The number of rotatable bonds is 4. The Morgan fingerprint density at radius 3 is 3.00 bits per heavy atom. The highest BCUT2D eigenvalue weighted by Crippen LogP contribution is 2.48. The molecule has 3 nitrogen and oxygen atoms in total. The third kappa shape index (κ3) is 2.30. The smallest absolute Gasteiger partial charge is 0.222 e. The number of benzene rings is 1. The van der Waals surface area contributed by atoms with Crippen molar-refractivity contribution in [2.45, 2.75) is 57.6 Å². The average Bonchev–Trinajstić information content (AvgIpc) is 3.11. The molecule has 3 heteroatoms. The molecule has 0 aromatic heterocycles. The largest absolute Gasteiger partial charge is 0.490 e. The number of likely N-dealkylation sites (N-methyl/N-ethyl adjacent to an activating group) is 1. The molecule has 1 aromatic carbocycles. The summed E-state index contributed by atoms with van der Waals surface area (Å²) in [6.45, 7) is 4.17. The molecule has 0 spiro atoms. The van der Waals surface area contributed by atoms with Crippen molar-refractivity contribution < 1.29 is 9.53 Å². The Bertz CT molecular complexity index is 526. The maximum atomic E-state index is 12.0. The molecule has 0 bridgehead atoms. The van der Waals surface area contributed by atoms with Crippen molar-refractivity contribution in [1.82, 2.24) is 4.90 Å². The Hall–Kier alpha value is -1.51. The van der Waals surface area contributed by atoms with Gasteiger partial charge in [-0.25, -0.2) is 0 Å². The molecule has 3 rings (SSSR count). The first kappa shape index (κ1) is 13.5. The van der Waals surface area contributed by atoms with Crippen LogP contribution in [0.4, 0.5) is 0 Å². The van der Waals surface area contributed by atoms with Crippen molar-refractivity contribution in [3.05, 3.63) is 29.3 Å². The van der Waals surface area contributed by atoms with Gasteiger partial charge in [0, 0.05) is 37.4 Å². The van der Waals surface area contributed by atoms with Gasteiger partial charge in [-0.05, 0) is 31.4 Å². The molecule has 108 valence electrons. The molecule has 1 heterocycles. The average molecular weight is 273 g/mol. The number of ether oxygens (including phenoxy) is 1. The lowest BCUT2D eigenvalue weighted by Gasteiger charge is -2.17. The Kier molecular flexibility index (Phi) is 3.45. The van der Waals surface area contributed by atoms with Gasteiger partial charge in [0.1, 0.15) is 11.9 Å². The number of carbonyl (C=O) groups excluding carboxylic acids is 1. The highest BCUT2D eigenvalue weighted by Gasteiger charge is 2.44. The fourth-order valence-corrected chi connectivity index (χ4v) is 3.32. The van der Waals surface area contributed by atoms with E-state index in [9.17, 15) is 4.79 Å². The minimum absolute atomic E-state index is 0.275. The van der Waals surface area contributed by atoms with Crippen LogP contribution in [0, 0.1) is 0 Å². The summed E-state index contributed by atoms with van der Waals surface area (Å²) in [6.07, 6.45) is 3.96. The predicted molar refractivity (Wildman–Crippen MR) is 79.1 cm³/mol. The van der Waals surface area contributed by atoms with Crippen LogP contribution in [-0.4, -0.2) is 30.0 Å². The number of fused-ring (bicyclic) bond motifs is 1. The first-order valence-corrected chi connectivity index (χ1v) is 7.66. The first-order valence-electron chi connectivity index (χ1n) is 7.66. The van der Waals surface area contributed by atoms with Gasteiger partial charge in [-0.3, -0.25) is 4.79 Å². The van der Waals surface area contributed by atoms with Crippen LogP contribution in [0.2, 0.25) is 0 Å². The zero-order chi connectivity index (χ0) is 14.3. The summed E-state index contributed by atoms with van der Waals surface area (Å²) in [7, 11) is 1.95. The Morgan fingerprint density at radius 1 is 1.45 bits per heavy atom. The molecule has 1 amide bonds. The number of hydrogen-bond acceptors (Lipinski definition) is 2. The van der Waals surface area contributed by atoms with Gasteiger partial charge in [0.25, 0.3) is 0 Å². The maximum Gasteiger partial charge on any atom is 0.222 e. The van der Waals surface area contributed by atoms with Gasteiger partial charge in [0.2, 0.25) is 5.91 Å². The SMILES string of the molecule is CCCC(=O)N(C)C1CC1c1cccc2c1CC(C)O2. The molecule has 1 aliphatic heterocycles. The number of carbonyl (C=O) groups is 1. The van der Waals surface area contributed by atoms with Gasteiger partial charge >= 0.3 is 0 Å². The van der Waals surface area contributed by atoms with Gasteiger partial charge in [-0.15, -0.1) is 0 Å². The van der Waals surface area contributed by atoms with Gasteiger partial charge in [-0.2, -0.15) is 0 Å². The molecule has 1 aliphatic carbocycles. The first-order chi connectivity index (χ1) is 9.61. The van der Waals surface area contributed by atoms with E-state index < -0.39 is 0 Å². The van der Waals surface area contributed by atoms with Crippen LogP contribution >= 0.6 is 0 Å². The molecule has 3 unspecified atom stereocenters. The van der Waals surface area contributed by atoms with Crippen LogP contribution in [-0.2, 0) is 11.2 Å². The summed E-state index contributed by atoms with van der Waals surface area (Å²) in [5.41, 5.74) is 2.76. The summed E-state index contributed by atoms with van der Waals surface area (Å²) < 4.78 is 5.83. The van der Waals surface area contributed by atoms with E-state index in [1.165, 1.54) is 11.1 Å². The van der Waals surface area contributed by atoms with E-state index >= 15 is 0 Å². The lowest BCUT2D eigenvalue weighted by atomic mass is 9.99. The van der Waals surface area contributed by atoms with Crippen LogP contribution in [0.1, 0.15) is 50.2 Å². The van der Waals surface area contributed by atoms with Crippen LogP contribution in [0.5, 0.6) is 5.75 Å². The molecular formula is C17H23NO2. The summed E-state index contributed by atoms with van der Waals surface area (Å²) in [5, 5.41) is 0. The summed E-state index contributed by atoms with van der Waals surface area (Å²) in [6, 6.07) is 6.74. The predicted octanol–water partition coefficient (Wildman–Crippen LogP) is 3.12. The van der Waals surface area contributed by atoms with Gasteiger partial charge in [0.05, 0.1) is 0 Å². The number of nitrogens with zero attached hydrogens (tertiary/aromatic N) is 1. The summed E-state index contributed by atoms with van der Waals surface area (Å²) in [4.78, 5) is 13.9. The van der Waals surface area contributed by atoms with Crippen LogP contribution in [0.3, 0.4) is 0 Å². The minimum atomic E-state index is 0.275. The standard InChI is InChI=1S/C17H23NO2/c1-4-6-17(19)18(3)15-10-13(15)12-7-5-8-16-14(12)9-11(2)20-16/h5,7-8,11,13,15H,4,6,9-10H2,1-3H3. The van der Waals surface area contributed by atoms with E-state index in [0.717, 1.165) is 25.0 Å². The second-order valence-corrected chi connectivity index (χ2v) is 6.12. The highest BCUT2D eigenvalue weighted by molar-refractivity contribution is 5.76. The third-order valence-corrected chi connectivity index (χ3v) is 4.50.